The highest BCUT2D eigenvalue weighted by molar-refractivity contribution is 8.26. The summed E-state index contributed by atoms with van der Waals surface area (Å²) in [5, 5.41) is 26.8. The molecule has 0 atom stereocenters. The average molecular weight is 541 g/mol. The molecule has 9 nitrogen and oxygen atoms in total. The topological polar surface area (TPSA) is 124 Å². The van der Waals surface area contributed by atoms with E-state index in [2.05, 4.69) is 15.8 Å². The number of pyridine rings is 1. The highest BCUT2D eigenvalue weighted by Gasteiger charge is 2.48. The summed E-state index contributed by atoms with van der Waals surface area (Å²) in [6.07, 6.45) is 9.13. The quantitative estimate of drug-likeness (QED) is 0.269. The molecule has 194 valence electrons. The molecule has 3 aliphatic rings. The summed E-state index contributed by atoms with van der Waals surface area (Å²) >= 11 is 2.37. The van der Waals surface area contributed by atoms with Crippen molar-refractivity contribution >= 4 is 51.0 Å². The Balaban J connectivity index is 1.47. The molecule has 2 amide bonds. The molecule has 2 aliphatic carbocycles. The lowest BCUT2D eigenvalue weighted by Gasteiger charge is -2.29. The summed E-state index contributed by atoms with van der Waals surface area (Å²) in [4.78, 5) is 21.2. The third-order valence-electron chi connectivity index (χ3n) is 7.12. The molecule has 37 heavy (non-hydrogen) atoms. The molecule has 5 rings (SSSR count). The Morgan fingerprint density at radius 3 is 2.65 bits per heavy atom. The van der Waals surface area contributed by atoms with Crippen LogP contribution in [0.15, 0.2) is 29.4 Å². The number of fused-ring (bicyclic) bond motifs is 1. The third kappa shape index (κ3) is 5.00. The molecule has 2 fully saturated rings. The standard InChI is InChI=1S/C25H29FN8OS2/c1-32(2)23(35)33-9-3-16(4-10-33)18-11-17(37-31-25(14-26)7-8-25)13-34-19(12-30-21(18)34)20(28)36-22(29)24(15-27)5-6-24/h3,11-13,28-29,31H,4-10,14H2,1-2H3. The van der Waals surface area contributed by atoms with E-state index < -0.39 is 17.6 Å². The zero-order chi connectivity index (χ0) is 26.4. The minimum Gasteiger partial charge on any atom is -0.331 e. The van der Waals surface area contributed by atoms with Crippen molar-refractivity contribution < 1.29 is 9.18 Å². The van der Waals surface area contributed by atoms with Crippen LogP contribution in [0.4, 0.5) is 9.18 Å². The number of rotatable bonds is 7. The number of urea groups is 1. The minimum atomic E-state index is -0.749. The van der Waals surface area contributed by atoms with E-state index in [1.54, 1.807) is 30.1 Å². The highest BCUT2D eigenvalue weighted by atomic mass is 32.2. The lowest BCUT2D eigenvalue weighted by atomic mass is 10.0. The fraction of sp³-hybridized carbons (Fsp3) is 0.480. The van der Waals surface area contributed by atoms with Crippen molar-refractivity contribution in [3.63, 3.8) is 0 Å². The van der Waals surface area contributed by atoms with Crippen LogP contribution < -0.4 is 4.72 Å². The van der Waals surface area contributed by atoms with Crippen molar-refractivity contribution in [1.82, 2.24) is 23.9 Å². The molecular weight excluding hydrogens is 511 g/mol. The summed E-state index contributed by atoms with van der Waals surface area (Å²) in [5.41, 5.74) is 1.97. The van der Waals surface area contributed by atoms with Gasteiger partial charge in [0.1, 0.15) is 22.8 Å². The zero-order valence-corrected chi connectivity index (χ0v) is 22.4. The Labute approximate surface area is 223 Å². The van der Waals surface area contributed by atoms with Gasteiger partial charge in [0, 0.05) is 43.8 Å². The Morgan fingerprint density at radius 2 is 2.08 bits per heavy atom. The first-order chi connectivity index (χ1) is 17.7. The number of carbonyl (C=O) groups is 1. The number of nitrogens with one attached hydrogen (secondary N) is 3. The van der Waals surface area contributed by atoms with Gasteiger partial charge in [-0.3, -0.25) is 19.9 Å². The van der Waals surface area contributed by atoms with Crippen molar-refractivity contribution in [2.24, 2.45) is 5.41 Å². The monoisotopic (exact) mass is 540 g/mol. The second kappa shape index (κ2) is 9.78. The fourth-order valence-corrected chi connectivity index (χ4v) is 6.07. The number of amides is 2. The average Bonchev–Trinajstić information content (AvgIpc) is 3.83. The number of nitriles is 1. The van der Waals surface area contributed by atoms with E-state index in [1.807, 2.05) is 22.7 Å². The molecule has 1 aliphatic heterocycles. The van der Waals surface area contributed by atoms with E-state index in [4.69, 9.17) is 10.8 Å². The zero-order valence-electron chi connectivity index (χ0n) is 20.8. The number of thioether (sulfide) groups is 1. The van der Waals surface area contributed by atoms with E-state index in [-0.39, 0.29) is 16.1 Å². The molecule has 3 heterocycles. The van der Waals surface area contributed by atoms with Crippen LogP contribution >= 0.6 is 23.7 Å². The summed E-state index contributed by atoms with van der Waals surface area (Å²) in [6, 6.07) is 4.21. The Kier molecular flexibility index (Phi) is 6.81. The molecule has 0 bridgehead atoms. The van der Waals surface area contributed by atoms with Gasteiger partial charge in [-0.2, -0.15) is 5.26 Å². The summed E-state index contributed by atoms with van der Waals surface area (Å²) in [6.45, 7) is 0.657. The van der Waals surface area contributed by atoms with Crippen LogP contribution in [-0.2, 0) is 0 Å². The number of nitrogens with zero attached hydrogens (tertiary/aromatic N) is 5. The molecule has 12 heteroatoms. The van der Waals surface area contributed by atoms with Crippen LogP contribution in [0.25, 0.3) is 11.2 Å². The molecule has 2 saturated carbocycles. The van der Waals surface area contributed by atoms with Gasteiger partial charge in [-0.1, -0.05) is 17.8 Å². The van der Waals surface area contributed by atoms with Crippen LogP contribution in [0, 0.1) is 27.6 Å². The van der Waals surface area contributed by atoms with Crippen LogP contribution in [0.3, 0.4) is 0 Å². The number of imidazole rings is 1. The maximum atomic E-state index is 13.5. The molecule has 0 spiro atoms. The van der Waals surface area contributed by atoms with Crippen LogP contribution in [0.1, 0.15) is 43.4 Å². The summed E-state index contributed by atoms with van der Waals surface area (Å²) in [5.74, 6) is 0. The van der Waals surface area contributed by atoms with Gasteiger partial charge < -0.3 is 9.80 Å². The number of hydrogen-bond donors (Lipinski definition) is 3. The van der Waals surface area contributed by atoms with Gasteiger partial charge in [-0.05, 0) is 55.7 Å². The normalized spacial score (nSPS) is 19.2. The first-order valence-electron chi connectivity index (χ1n) is 12.1. The first-order valence-corrected chi connectivity index (χ1v) is 13.8. The van der Waals surface area contributed by atoms with E-state index in [0.29, 0.717) is 43.7 Å². The third-order valence-corrected chi connectivity index (χ3v) is 9.12. The van der Waals surface area contributed by atoms with Crippen LogP contribution in [-0.4, -0.2) is 74.7 Å². The number of halogens is 1. The molecule has 2 aromatic rings. The maximum absolute atomic E-state index is 13.5. The van der Waals surface area contributed by atoms with Gasteiger partial charge in [0.15, 0.2) is 0 Å². The highest BCUT2D eigenvalue weighted by Crippen LogP contribution is 2.49. The smallest absolute Gasteiger partial charge is 0.319 e. The molecule has 0 unspecified atom stereocenters. The summed E-state index contributed by atoms with van der Waals surface area (Å²) < 4.78 is 18.6. The molecule has 2 aromatic heterocycles. The van der Waals surface area contributed by atoms with Crippen molar-refractivity contribution in [2.75, 3.05) is 33.9 Å². The lowest BCUT2D eigenvalue weighted by Crippen LogP contribution is -2.41. The van der Waals surface area contributed by atoms with E-state index >= 15 is 0 Å². The number of carbonyl (C=O) groups excluding carboxylic acids is 1. The maximum Gasteiger partial charge on any atom is 0.319 e. The Bertz CT molecular complexity index is 1350. The lowest BCUT2D eigenvalue weighted by molar-refractivity contribution is 0.176. The molecular formula is C25H29FN8OS2. The van der Waals surface area contributed by atoms with E-state index in [9.17, 15) is 14.4 Å². The molecule has 3 N–H and O–H groups in total. The van der Waals surface area contributed by atoms with Gasteiger partial charge in [0.25, 0.3) is 0 Å². The van der Waals surface area contributed by atoms with E-state index in [0.717, 1.165) is 40.6 Å². The summed E-state index contributed by atoms with van der Waals surface area (Å²) in [7, 11) is 3.48. The van der Waals surface area contributed by atoms with Crippen molar-refractivity contribution in [3.05, 3.63) is 35.8 Å². The predicted octanol–water partition coefficient (Wildman–Crippen LogP) is 4.54. The van der Waals surface area contributed by atoms with Gasteiger partial charge in [0.05, 0.1) is 28.5 Å². The van der Waals surface area contributed by atoms with Crippen molar-refractivity contribution in [2.45, 2.75) is 42.5 Å². The van der Waals surface area contributed by atoms with Crippen LogP contribution in [0.5, 0.6) is 0 Å². The molecule has 0 aromatic carbocycles. The second-order valence-corrected chi connectivity index (χ2v) is 12.0. The van der Waals surface area contributed by atoms with Gasteiger partial charge in [0.2, 0.25) is 0 Å². The van der Waals surface area contributed by atoms with Crippen LogP contribution in [0.2, 0.25) is 0 Å². The first kappa shape index (κ1) is 25.8. The SMILES string of the molecule is CN(C)C(=O)N1CC=C(c2cc(SNC3(CF)CC3)cn3c(C(=N)SC(=N)C4(C#N)CC4)cnc23)CC1. The van der Waals surface area contributed by atoms with Gasteiger partial charge >= 0.3 is 6.03 Å². The number of hydrogen-bond acceptors (Lipinski definition) is 8. The Hall–Kier alpha value is -2.88. The largest absolute Gasteiger partial charge is 0.331 e. The van der Waals surface area contributed by atoms with Crippen molar-refractivity contribution in [1.29, 1.82) is 16.1 Å². The fourth-order valence-electron chi connectivity index (χ4n) is 4.24. The predicted molar refractivity (Wildman–Crippen MR) is 145 cm³/mol. The molecule has 0 radical (unpaired) electrons. The van der Waals surface area contributed by atoms with Crippen molar-refractivity contribution in [3.8, 4) is 6.07 Å². The minimum absolute atomic E-state index is 0.0308. The number of aromatic nitrogens is 2. The number of alkyl halides is 1. The second-order valence-electron chi connectivity index (χ2n) is 10.1. The molecule has 0 saturated heterocycles. The van der Waals surface area contributed by atoms with Gasteiger partial charge in [-0.15, -0.1) is 0 Å². The van der Waals surface area contributed by atoms with Gasteiger partial charge in [-0.25, -0.2) is 14.2 Å². The Morgan fingerprint density at radius 1 is 1.32 bits per heavy atom. The van der Waals surface area contributed by atoms with E-state index in [1.165, 1.54) is 11.9 Å².